The number of halogens is 2. The Morgan fingerprint density at radius 3 is 2.54 bits per heavy atom. The van der Waals surface area contributed by atoms with E-state index in [0.29, 0.717) is 22.0 Å². The molecule has 0 aliphatic rings. The molecule has 8 heteroatoms. The van der Waals surface area contributed by atoms with E-state index >= 15 is 0 Å². The van der Waals surface area contributed by atoms with Gasteiger partial charge in [-0.3, -0.25) is 4.99 Å². The molecule has 1 heterocycles. The van der Waals surface area contributed by atoms with Crippen molar-refractivity contribution in [2.75, 3.05) is 0 Å². The molecular formula is C27H16Cl2N2O3S. The number of para-hydroxylation sites is 1. The van der Waals surface area contributed by atoms with Crippen LogP contribution in [-0.2, 0) is 0 Å². The first kappa shape index (κ1) is 23.1. The van der Waals surface area contributed by atoms with Crippen LogP contribution in [0, 0.1) is 0 Å². The van der Waals surface area contributed by atoms with E-state index in [0.717, 1.165) is 20.8 Å². The highest BCUT2D eigenvalue weighted by molar-refractivity contribution is 7.21. The maximum absolute atomic E-state index is 12.4. The van der Waals surface area contributed by atoms with Crippen molar-refractivity contribution in [3.05, 3.63) is 106 Å². The molecule has 0 saturated heterocycles. The smallest absolute Gasteiger partial charge is 0.345 e. The average Bonchev–Trinajstić information content (AvgIpc) is 3.28. The second-order valence-electron chi connectivity index (χ2n) is 7.53. The first-order valence-electron chi connectivity index (χ1n) is 10.5. The molecule has 1 N–H and O–H groups in total. The van der Waals surface area contributed by atoms with Crippen molar-refractivity contribution in [3.8, 4) is 22.1 Å². The molecule has 0 aliphatic carbocycles. The molecular weight excluding hydrogens is 503 g/mol. The van der Waals surface area contributed by atoms with Crippen LogP contribution in [0.25, 0.3) is 20.8 Å². The summed E-state index contributed by atoms with van der Waals surface area (Å²) in [6, 6.07) is 24.5. The first-order chi connectivity index (χ1) is 17.0. The van der Waals surface area contributed by atoms with Crippen molar-refractivity contribution in [2.45, 2.75) is 0 Å². The fraction of sp³-hybridized carbons (Fsp3) is 0. The molecule has 0 aliphatic heterocycles. The highest BCUT2D eigenvalue weighted by Crippen LogP contribution is 2.37. The molecule has 5 rings (SSSR count). The summed E-state index contributed by atoms with van der Waals surface area (Å²) >= 11 is 13.5. The second-order valence-corrected chi connectivity index (χ2v) is 9.40. The summed E-state index contributed by atoms with van der Waals surface area (Å²) in [4.78, 5) is 21.5. The molecule has 0 unspecified atom stereocenters. The Bertz CT molecular complexity index is 1550. The van der Waals surface area contributed by atoms with Crippen LogP contribution in [0.5, 0.6) is 11.5 Å². The van der Waals surface area contributed by atoms with Gasteiger partial charge in [0.2, 0.25) is 0 Å². The van der Waals surface area contributed by atoms with Gasteiger partial charge in [0.25, 0.3) is 0 Å². The maximum Gasteiger partial charge on any atom is 0.345 e. The molecule has 35 heavy (non-hydrogen) atoms. The van der Waals surface area contributed by atoms with E-state index in [9.17, 15) is 9.90 Å². The number of hydrogen-bond donors (Lipinski definition) is 1. The number of fused-ring (bicyclic) bond motifs is 1. The molecule has 0 atom stereocenters. The van der Waals surface area contributed by atoms with Crippen LogP contribution < -0.4 is 4.74 Å². The van der Waals surface area contributed by atoms with Gasteiger partial charge < -0.3 is 9.84 Å². The molecule has 172 valence electrons. The molecule has 0 radical (unpaired) electrons. The largest absolute Gasteiger partial charge is 0.507 e. The summed E-state index contributed by atoms with van der Waals surface area (Å²) in [6.07, 6.45) is 1.69. The number of nitrogens with zero attached hydrogens (tertiary/aromatic N) is 2. The van der Waals surface area contributed by atoms with Gasteiger partial charge in [-0.1, -0.05) is 35.3 Å². The summed E-state index contributed by atoms with van der Waals surface area (Å²) in [6.45, 7) is 0. The Morgan fingerprint density at radius 1 is 0.971 bits per heavy atom. The number of phenolic OH excluding ortho intramolecular Hbond substituents is 1. The van der Waals surface area contributed by atoms with Gasteiger partial charge in [-0.2, -0.15) is 0 Å². The van der Waals surface area contributed by atoms with E-state index in [4.69, 9.17) is 27.9 Å². The van der Waals surface area contributed by atoms with E-state index in [-0.39, 0.29) is 16.3 Å². The van der Waals surface area contributed by atoms with Crippen LogP contribution >= 0.6 is 34.5 Å². The van der Waals surface area contributed by atoms with E-state index < -0.39 is 5.97 Å². The zero-order valence-corrected chi connectivity index (χ0v) is 20.3. The standard InChI is InChI=1S/C27H16Cl2N2O3S/c28-17-7-11-20(22(29)13-17)27(33)34-19-9-5-16(6-10-19)15-30-18-8-12-24(32)21(14-18)26-31-23-3-1-2-4-25(23)35-26/h1-15,32H. The third kappa shape index (κ3) is 5.20. The Morgan fingerprint density at radius 2 is 1.77 bits per heavy atom. The van der Waals surface area contributed by atoms with Gasteiger partial charge in [0.1, 0.15) is 16.5 Å². The molecule has 0 bridgehead atoms. The number of thiazole rings is 1. The summed E-state index contributed by atoms with van der Waals surface area (Å²) in [5, 5.41) is 11.8. The first-order valence-corrected chi connectivity index (χ1v) is 12.0. The summed E-state index contributed by atoms with van der Waals surface area (Å²) in [7, 11) is 0. The normalized spacial score (nSPS) is 11.3. The Balaban J connectivity index is 1.31. The fourth-order valence-corrected chi connectivity index (χ4v) is 4.83. The number of carbonyl (C=O) groups is 1. The molecule has 5 nitrogen and oxygen atoms in total. The molecule has 5 aromatic rings. The second kappa shape index (κ2) is 9.88. The van der Waals surface area contributed by atoms with E-state index in [2.05, 4.69) is 9.98 Å². The summed E-state index contributed by atoms with van der Waals surface area (Å²) in [5.41, 5.74) is 3.23. The van der Waals surface area contributed by atoms with Gasteiger partial charge in [-0.25, -0.2) is 9.78 Å². The van der Waals surface area contributed by atoms with Crippen LogP contribution in [0.3, 0.4) is 0 Å². The van der Waals surface area contributed by atoms with Crippen molar-refractivity contribution in [1.29, 1.82) is 0 Å². The number of carbonyl (C=O) groups excluding carboxylic acids is 1. The number of ether oxygens (including phenoxy) is 1. The SMILES string of the molecule is O=C(Oc1ccc(C=Nc2ccc(O)c(-c3nc4ccccc4s3)c2)cc1)c1ccc(Cl)cc1Cl. The number of aromatic nitrogens is 1. The molecule has 4 aromatic carbocycles. The summed E-state index contributed by atoms with van der Waals surface area (Å²) < 4.78 is 6.45. The van der Waals surface area contributed by atoms with E-state index in [1.165, 1.54) is 23.5 Å². The number of benzene rings is 4. The van der Waals surface area contributed by atoms with Crippen molar-refractivity contribution in [1.82, 2.24) is 4.98 Å². The molecule has 1 aromatic heterocycles. The van der Waals surface area contributed by atoms with Gasteiger partial charge in [0.15, 0.2) is 0 Å². The monoisotopic (exact) mass is 518 g/mol. The molecule has 0 spiro atoms. The lowest BCUT2D eigenvalue weighted by atomic mass is 10.2. The van der Waals surface area contributed by atoms with Crippen molar-refractivity contribution < 1.29 is 14.6 Å². The predicted octanol–water partition coefficient (Wildman–Crippen LogP) is 7.95. The number of hydrogen-bond acceptors (Lipinski definition) is 6. The minimum atomic E-state index is -0.570. The van der Waals surface area contributed by atoms with Crippen LogP contribution in [0.1, 0.15) is 15.9 Å². The van der Waals surface area contributed by atoms with Crippen LogP contribution in [0.2, 0.25) is 10.0 Å². The topological polar surface area (TPSA) is 71.8 Å². The lowest BCUT2D eigenvalue weighted by Crippen LogP contribution is -2.09. The lowest BCUT2D eigenvalue weighted by Gasteiger charge is -2.06. The Kier molecular flexibility index (Phi) is 6.51. The third-order valence-electron chi connectivity index (χ3n) is 5.11. The molecule has 0 saturated carbocycles. The molecule has 0 fully saturated rings. The van der Waals surface area contributed by atoms with E-state index in [1.807, 2.05) is 24.3 Å². The zero-order valence-electron chi connectivity index (χ0n) is 18.0. The van der Waals surface area contributed by atoms with Crippen LogP contribution in [0.4, 0.5) is 5.69 Å². The average molecular weight is 519 g/mol. The lowest BCUT2D eigenvalue weighted by molar-refractivity contribution is 0.0735. The Hall–Kier alpha value is -3.71. The highest BCUT2D eigenvalue weighted by Gasteiger charge is 2.14. The third-order valence-corrected chi connectivity index (χ3v) is 6.73. The maximum atomic E-state index is 12.4. The number of aromatic hydroxyl groups is 1. The number of phenols is 1. The van der Waals surface area contributed by atoms with Gasteiger partial charge >= 0.3 is 5.97 Å². The van der Waals surface area contributed by atoms with Gasteiger partial charge in [-0.15, -0.1) is 11.3 Å². The molecule has 0 amide bonds. The minimum absolute atomic E-state index is 0.148. The quantitative estimate of drug-likeness (QED) is 0.145. The highest BCUT2D eigenvalue weighted by atomic mass is 35.5. The number of rotatable bonds is 5. The van der Waals surface area contributed by atoms with Gasteiger partial charge in [-0.05, 0) is 78.4 Å². The van der Waals surface area contributed by atoms with Gasteiger partial charge in [0.05, 0.1) is 32.1 Å². The predicted molar refractivity (Wildman–Crippen MR) is 142 cm³/mol. The minimum Gasteiger partial charge on any atom is -0.507 e. The van der Waals surface area contributed by atoms with Crippen molar-refractivity contribution >= 4 is 62.6 Å². The van der Waals surface area contributed by atoms with Crippen molar-refractivity contribution in [3.63, 3.8) is 0 Å². The number of esters is 1. The summed E-state index contributed by atoms with van der Waals surface area (Å²) in [5.74, 6) is -0.0459. The van der Waals surface area contributed by atoms with Crippen LogP contribution in [0.15, 0.2) is 89.9 Å². The zero-order chi connectivity index (χ0) is 24.4. The van der Waals surface area contributed by atoms with E-state index in [1.54, 1.807) is 54.7 Å². The number of aliphatic imine (C=N–C) groups is 1. The van der Waals surface area contributed by atoms with Gasteiger partial charge in [0, 0.05) is 11.2 Å². The fourth-order valence-electron chi connectivity index (χ4n) is 3.35. The Labute approximate surface area is 214 Å². The van der Waals surface area contributed by atoms with Crippen molar-refractivity contribution in [2.24, 2.45) is 4.99 Å². The van der Waals surface area contributed by atoms with Crippen LogP contribution in [-0.4, -0.2) is 22.3 Å².